The fourth-order valence-corrected chi connectivity index (χ4v) is 2.36. The summed E-state index contributed by atoms with van der Waals surface area (Å²) < 4.78 is 5.20. The molecular weight excluding hydrogens is 284 g/mol. The highest BCUT2D eigenvalue weighted by molar-refractivity contribution is 5.72. The van der Waals surface area contributed by atoms with Gasteiger partial charge in [-0.05, 0) is 17.7 Å². The summed E-state index contributed by atoms with van der Waals surface area (Å²) in [6.07, 6.45) is -0.430. The summed E-state index contributed by atoms with van der Waals surface area (Å²) in [6.45, 7) is 1.24. The van der Waals surface area contributed by atoms with E-state index in [1.807, 2.05) is 30.3 Å². The quantitative estimate of drug-likeness (QED) is 0.644. The molecule has 1 aliphatic heterocycles. The van der Waals surface area contributed by atoms with Gasteiger partial charge in [-0.25, -0.2) is 4.79 Å². The van der Waals surface area contributed by atoms with Gasteiger partial charge < -0.3 is 9.64 Å². The van der Waals surface area contributed by atoms with Gasteiger partial charge in [-0.1, -0.05) is 30.3 Å². The lowest BCUT2D eigenvalue weighted by Crippen LogP contribution is -2.49. The molecule has 1 saturated heterocycles. The van der Waals surface area contributed by atoms with Crippen LogP contribution in [0.5, 0.6) is 5.75 Å². The van der Waals surface area contributed by atoms with E-state index in [0.717, 1.165) is 0 Å². The molecule has 0 aliphatic carbocycles. The van der Waals surface area contributed by atoms with Gasteiger partial charge >= 0.3 is 6.09 Å². The lowest BCUT2D eigenvalue weighted by Gasteiger charge is -2.38. The SMILES string of the molecule is O=C(Oc1ccc([N+](=O)[O-])cc1)N1CC(c2ccccc2)C1. The molecule has 1 heterocycles. The predicted octanol–water partition coefficient (Wildman–Crippen LogP) is 3.19. The number of likely N-dealkylation sites (tertiary alicyclic amines) is 1. The number of hydrogen-bond acceptors (Lipinski definition) is 4. The Kier molecular flexibility index (Phi) is 3.74. The van der Waals surface area contributed by atoms with E-state index < -0.39 is 11.0 Å². The third-order valence-electron chi connectivity index (χ3n) is 3.66. The summed E-state index contributed by atoms with van der Waals surface area (Å²) in [7, 11) is 0. The second-order valence-electron chi connectivity index (χ2n) is 5.13. The zero-order valence-corrected chi connectivity index (χ0v) is 11.7. The molecule has 0 spiro atoms. The maximum absolute atomic E-state index is 12.0. The van der Waals surface area contributed by atoms with Gasteiger partial charge in [-0.15, -0.1) is 0 Å². The van der Waals surface area contributed by atoms with Crippen LogP contribution in [0.3, 0.4) is 0 Å². The van der Waals surface area contributed by atoms with Crippen molar-refractivity contribution in [3.63, 3.8) is 0 Å². The van der Waals surface area contributed by atoms with Crippen molar-refractivity contribution < 1.29 is 14.5 Å². The molecule has 6 heteroatoms. The molecule has 0 unspecified atom stereocenters. The first-order chi connectivity index (χ1) is 10.6. The van der Waals surface area contributed by atoms with Gasteiger partial charge in [0.1, 0.15) is 5.75 Å². The predicted molar refractivity (Wildman–Crippen MR) is 79.9 cm³/mol. The number of carbonyl (C=O) groups is 1. The molecule has 112 valence electrons. The Balaban J connectivity index is 1.54. The van der Waals surface area contributed by atoms with E-state index >= 15 is 0 Å². The summed E-state index contributed by atoms with van der Waals surface area (Å²) in [5.41, 5.74) is 1.18. The average molecular weight is 298 g/mol. The number of nitro benzene ring substituents is 1. The van der Waals surface area contributed by atoms with Gasteiger partial charge in [-0.3, -0.25) is 10.1 Å². The number of nitrogens with zero attached hydrogens (tertiary/aromatic N) is 2. The Morgan fingerprint density at radius 1 is 1.09 bits per heavy atom. The standard InChI is InChI=1S/C16H14N2O4/c19-16(22-15-8-6-14(7-9-15)18(20)21)17-10-13(11-17)12-4-2-1-3-5-12/h1-9,13H,10-11H2. The molecule has 0 radical (unpaired) electrons. The largest absolute Gasteiger partial charge is 0.415 e. The number of nitro groups is 1. The highest BCUT2D eigenvalue weighted by Gasteiger charge is 2.32. The van der Waals surface area contributed by atoms with E-state index in [2.05, 4.69) is 0 Å². The molecule has 0 atom stereocenters. The van der Waals surface area contributed by atoms with Crippen molar-refractivity contribution in [3.8, 4) is 5.75 Å². The lowest BCUT2D eigenvalue weighted by atomic mass is 9.92. The molecule has 1 aliphatic rings. The van der Waals surface area contributed by atoms with Gasteiger partial charge in [0.25, 0.3) is 5.69 Å². The molecule has 2 aromatic carbocycles. The maximum Gasteiger partial charge on any atom is 0.415 e. The van der Waals surface area contributed by atoms with Crippen molar-refractivity contribution in [1.29, 1.82) is 0 Å². The average Bonchev–Trinajstić information content (AvgIpc) is 2.47. The van der Waals surface area contributed by atoms with Crippen molar-refractivity contribution in [3.05, 3.63) is 70.3 Å². The Morgan fingerprint density at radius 2 is 1.73 bits per heavy atom. The van der Waals surface area contributed by atoms with Crippen LogP contribution in [0.2, 0.25) is 0 Å². The number of amides is 1. The van der Waals surface area contributed by atoms with Crippen LogP contribution in [0, 0.1) is 10.1 Å². The van der Waals surface area contributed by atoms with Crippen LogP contribution in [0.25, 0.3) is 0 Å². The summed E-state index contributed by atoms with van der Waals surface area (Å²) in [4.78, 5) is 23.6. The number of rotatable bonds is 3. The monoisotopic (exact) mass is 298 g/mol. The Morgan fingerprint density at radius 3 is 2.32 bits per heavy atom. The van der Waals surface area contributed by atoms with Gasteiger partial charge in [0.15, 0.2) is 0 Å². The van der Waals surface area contributed by atoms with Gasteiger partial charge in [0.05, 0.1) is 4.92 Å². The zero-order valence-electron chi connectivity index (χ0n) is 11.7. The van der Waals surface area contributed by atoms with E-state index in [-0.39, 0.29) is 5.69 Å². The minimum atomic E-state index is -0.495. The molecule has 1 amide bonds. The maximum atomic E-state index is 12.0. The zero-order chi connectivity index (χ0) is 15.5. The second kappa shape index (κ2) is 5.85. The van der Waals surface area contributed by atoms with E-state index in [1.165, 1.54) is 29.8 Å². The second-order valence-corrected chi connectivity index (χ2v) is 5.13. The number of carbonyl (C=O) groups excluding carboxylic acids is 1. The lowest BCUT2D eigenvalue weighted by molar-refractivity contribution is -0.384. The highest BCUT2D eigenvalue weighted by Crippen LogP contribution is 2.28. The Hall–Kier alpha value is -2.89. The van der Waals surface area contributed by atoms with Crippen LogP contribution in [0.15, 0.2) is 54.6 Å². The van der Waals surface area contributed by atoms with Crippen LogP contribution in [0.4, 0.5) is 10.5 Å². The van der Waals surface area contributed by atoms with Gasteiger partial charge in [0, 0.05) is 31.1 Å². The number of benzene rings is 2. The van der Waals surface area contributed by atoms with Crippen molar-refractivity contribution >= 4 is 11.8 Å². The minimum absolute atomic E-state index is 0.0344. The molecule has 6 nitrogen and oxygen atoms in total. The smallest absolute Gasteiger partial charge is 0.410 e. The van der Waals surface area contributed by atoms with Crippen molar-refractivity contribution in [1.82, 2.24) is 4.90 Å². The molecule has 0 N–H and O–H groups in total. The van der Waals surface area contributed by atoms with E-state index in [1.54, 1.807) is 4.90 Å². The molecule has 0 saturated carbocycles. The Labute approximate surface area is 127 Å². The highest BCUT2D eigenvalue weighted by atomic mass is 16.6. The summed E-state index contributed by atoms with van der Waals surface area (Å²) in [5, 5.41) is 10.6. The molecule has 0 bridgehead atoms. The van der Waals surface area contributed by atoms with E-state index in [0.29, 0.717) is 24.8 Å². The van der Waals surface area contributed by atoms with Crippen molar-refractivity contribution in [2.75, 3.05) is 13.1 Å². The first-order valence-corrected chi connectivity index (χ1v) is 6.89. The Bertz CT molecular complexity index is 679. The summed E-state index contributed by atoms with van der Waals surface area (Å²) in [5.74, 6) is 0.643. The molecule has 0 aromatic heterocycles. The van der Waals surface area contributed by atoms with Crippen LogP contribution in [0.1, 0.15) is 11.5 Å². The number of non-ortho nitro benzene ring substituents is 1. The first-order valence-electron chi connectivity index (χ1n) is 6.89. The van der Waals surface area contributed by atoms with E-state index in [4.69, 9.17) is 4.74 Å². The third kappa shape index (κ3) is 2.90. The number of ether oxygens (including phenoxy) is 1. The van der Waals surface area contributed by atoms with Crippen molar-refractivity contribution in [2.24, 2.45) is 0 Å². The van der Waals surface area contributed by atoms with Crippen LogP contribution < -0.4 is 4.74 Å². The fourth-order valence-electron chi connectivity index (χ4n) is 2.36. The van der Waals surface area contributed by atoms with E-state index in [9.17, 15) is 14.9 Å². The third-order valence-corrected chi connectivity index (χ3v) is 3.66. The molecule has 1 fully saturated rings. The summed E-state index contributed by atoms with van der Waals surface area (Å²) >= 11 is 0. The molecule has 2 aromatic rings. The van der Waals surface area contributed by atoms with Crippen LogP contribution in [-0.2, 0) is 0 Å². The van der Waals surface area contributed by atoms with Gasteiger partial charge in [-0.2, -0.15) is 0 Å². The molecule has 3 rings (SSSR count). The number of hydrogen-bond donors (Lipinski definition) is 0. The van der Waals surface area contributed by atoms with Gasteiger partial charge in [0.2, 0.25) is 0 Å². The molecular formula is C16H14N2O4. The van der Waals surface area contributed by atoms with Crippen LogP contribution >= 0.6 is 0 Å². The fraction of sp³-hybridized carbons (Fsp3) is 0.188. The molecule has 22 heavy (non-hydrogen) atoms. The first kappa shape index (κ1) is 14.1. The summed E-state index contributed by atoms with van der Waals surface area (Å²) in [6, 6.07) is 15.5. The topological polar surface area (TPSA) is 72.7 Å². The minimum Gasteiger partial charge on any atom is -0.410 e. The van der Waals surface area contributed by atoms with Crippen molar-refractivity contribution in [2.45, 2.75) is 5.92 Å². The normalized spacial score (nSPS) is 14.3. The van der Waals surface area contributed by atoms with Crippen LogP contribution in [-0.4, -0.2) is 29.0 Å².